The summed E-state index contributed by atoms with van der Waals surface area (Å²) in [4.78, 5) is 143. The summed E-state index contributed by atoms with van der Waals surface area (Å²) in [7, 11) is 0. The number of aromatic hydroxyl groups is 3. The molecule has 3 rings (SSSR count). The standard InChI is InChI=1S/C50H64N8O18/c1-4-25(2)42(58-45(70)34(18-20-40(64)65)53-44(69)33(51)17-19-39(62)63)49(74)56-36(22-28-7-13-31(60)14-8-28)47(72)55-37(24-41(66)67)48(73)54-35(21-27-5-11-30(59)12-6-27)46(71)52-26(3)43(68)57-38(50(75)76)23-29-9-15-32(61)16-10-29/h5-16,25-26,33-38,42,59-61H,4,17-24,51H2,1-3H3,(H,52,71)(H,53,69)(H,54,73)(H,55,72)(H,56,74)(H,57,68)(H,58,70)(H,62,63)(H,64,65)(H,66,67)(H,75,76)/t25-,26-,33-,34-,35-,36-,37-,38-,42-/m0/s1. The Bertz CT molecular complexity index is 2540. The number of hydrogen-bond donors (Lipinski definition) is 15. The van der Waals surface area contributed by atoms with E-state index in [1.54, 1.807) is 13.8 Å². The molecule has 9 atom stereocenters. The highest BCUT2D eigenvalue weighted by molar-refractivity contribution is 5.98. The Morgan fingerprint density at radius 3 is 1.24 bits per heavy atom. The third kappa shape index (κ3) is 21.0. The van der Waals surface area contributed by atoms with Crippen LogP contribution < -0.4 is 43.0 Å². The van der Waals surface area contributed by atoms with Crippen molar-refractivity contribution in [3.05, 3.63) is 89.5 Å². The summed E-state index contributed by atoms with van der Waals surface area (Å²) in [6.45, 7) is 4.42. The molecule has 0 aliphatic rings. The van der Waals surface area contributed by atoms with Crippen LogP contribution in [0.4, 0.5) is 0 Å². The van der Waals surface area contributed by atoms with E-state index in [1.807, 2.05) is 0 Å². The SMILES string of the molecule is CC[C@H](C)[C@H](NC(=O)[C@H](CCC(=O)O)NC(=O)[C@@H](N)CCC(=O)O)C(=O)N[C@@H](Cc1ccc(O)cc1)C(=O)N[C@@H](CC(=O)O)C(=O)N[C@@H](Cc1ccc(O)cc1)C(=O)N[C@@H](C)C(=O)N[C@@H](Cc1ccc(O)cc1)C(=O)O. The molecule has 0 aliphatic heterocycles. The van der Waals surface area contributed by atoms with Gasteiger partial charge < -0.3 is 78.7 Å². The van der Waals surface area contributed by atoms with Crippen LogP contribution in [-0.2, 0) is 72.0 Å². The van der Waals surface area contributed by atoms with Crippen LogP contribution >= 0.6 is 0 Å². The lowest BCUT2D eigenvalue weighted by Crippen LogP contribution is -2.61. The largest absolute Gasteiger partial charge is 0.508 e. The van der Waals surface area contributed by atoms with E-state index in [-0.39, 0.29) is 49.4 Å². The second-order valence-corrected chi connectivity index (χ2v) is 17.9. The molecule has 0 spiro atoms. The summed E-state index contributed by atoms with van der Waals surface area (Å²) >= 11 is 0. The Kier molecular flexibility index (Phi) is 24.1. The van der Waals surface area contributed by atoms with Gasteiger partial charge in [0.05, 0.1) is 12.5 Å². The van der Waals surface area contributed by atoms with Crippen LogP contribution in [0, 0.1) is 5.92 Å². The first kappa shape index (κ1) is 61.5. The first-order valence-corrected chi connectivity index (χ1v) is 23.9. The van der Waals surface area contributed by atoms with Crippen molar-refractivity contribution < 1.29 is 88.5 Å². The molecule has 26 nitrogen and oxygen atoms in total. The van der Waals surface area contributed by atoms with Crippen LogP contribution in [0.1, 0.15) is 76.0 Å². The molecule has 3 aromatic rings. The van der Waals surface area contributed by atoms with Gasteiger partial charge in [-0.25, -0.2) is 4.79 Å². The molecule has 0 radical (unpaired) electrons. The zero-order chi connectivity index (χ0) is 56.8. The highest BCUT2D eigenvalue weighted by Gasteiger charge is 2.36. The van der Waals surface area contributed by atoms with Gasteiger partial charge in [-0.2, -0.15) is 0 Å². The van der Waals surface area contributed by atoms with E-state index in [9.17, 15) is 83.4 Å². The molecule has 0 aliphatic carbocycles. The Morgan fingerprint density at radius 2 is 0.803 bits per heavy atom. The molecule has 76 heavy (non-hydrogen) atoms. The second kappa shape index (κ2) is 29.8. The van der Waals surface area contributed by atoms with Crippen molar-refractivity contribution in [1.29, 1.82) is 0 Å². The molecule has 412 valence electrons. The lowest BCUT2D eigenvalue weighted by Gasteiger charge is -2.29. The van der Waals surface area contributed by atoms with Crippen molar-refractivity contribution in [3.63, 3.8) is 0 Å². The Balaban J connectivity index is 1.93. The fourth-order valence-corrected chi connectivity index (χ4v) is 7.27. The summed E-state index contributed by atoms with van der Waals surface area (Å²) in [6.07, 6.45) is -3.78. The average molecular weight is 1070 g/mol. The van der Waals surface area contributed by atoms with Crippen LogP contribution in [-0.4, -0.2) is 149 Å². The van der Waals surface area contributed by atoms with Crippen molar-refractivity contribution in [2.45, 2.75) is 127 Å². The fourth-order valence-electron chi connectivity index (χ4n) is 7.27. The van der Waals surface area contributed by atoms with Crippen molar-refractivity contribution in [3.8, 4) is 17.2 Å². The van der Waals surface area contributed by atoms with Crippen molar-refractivity contribution in [2.24, 2.45) is 11.7 Å². The number of phenolic OH excluding ortho intramolecular Hbond substituents is 3. The monoisotopic (exact) mass is 1060 g/mol. The minimum absolute atomic E-state index is 0.0775. The quantitative estimate of drug-likeness (QED) is 0.0364. The normalized spacial score (nSPS) is 14.5. The molecule has 3 aromatic carbocycles. The number of rotatable bonds is 31. The van der Waals surface area contributed by atoms with Gasteiger partial charge in [-0.05, 0) is 78.8 Å². The number of carboxylic acids is 4. The number of carboxylic acid groups (broad SMARTS) is 4. The molecule has 0 heterocycles. The second-order valence-electron chi connectivity index (χ2n) is 17.9. The smallest absolute Gasteiger partial charge is 0.326 e. The summed E-state index contributed by atoms with van der Waals surface area (Å²) < 4.78 is 0. The van der Waals surface area contributed by atoms with Gasteiger partial charge in [0.15, 0.2) is 0 Å². The van der Waals surface area contributed by atoms with E-state index in [4.69, 9.17) is 10.8 Å². The number of nitrogens with one attached hydrogen (secondary N) is 7. The Hall–Kier alpha value is -8.81. The number of hydrogen-bond acceptors (Lipinski definition) is 15. The maximum atomic E-state index is 14.3. The van der Waals surface area contributed by atoms with Gasteiger partial charge in [-0.1, -0.05) is 56.7 Å². The van der Waals surface area contributed by atoms with Gasteiger partial charge in [0.1, 0.15) is 59.5 Å². The summed E-state index contributed by atoms with van der Waals surface area (Å²) in [5, 5.41) is 84.2. The number of amides is 7. The molecular formula is C50H64N8O18. The van der Waals surface area contributed by atoms with E-state index in [0.717, 1.165) is 0 Å². The molecule has 0 fully saturated rings. The molecule has 0 unspecified atom stereocenters. The van der Waals surface area contributed by atoms with E-state index in [0.29, 0.717) is 16.7 Å². The third-order valence-corrected chi connectivity index (χ3v) is 11.9. The van der Waals surface area contributed by atoms with Gasteiger partial charge in [0, 0.05) is 32.1 Å². The minimum atomic E-state index is -1.98. The molecule has 0 aromatic heterocycles. The minimum Gasteiger partial charge on any atom is -0.508 e. The summed E-state index contributed by atoms with van der Waals surface area (Å²) in [5.74, 6) is -14.2. The van der Waals surface area contributed by atoms with Crippen LogP contribution in [0.15, 0.2) is 72.8 Å². The third-order valence-electron chi connectivity index (χ3n) is 11.9. The topological polar surface area (TPSA) is 440 Å². The Morgan fingerprint density at radius 1 is 0.434 bits per heavy atom. The van der Waals surface area contributed by atoms with Crippen LogP contribution in [0.5, 0.6) is 17.2 Å². The van der Waals surface area contributed by atoms with Crippen molar-refractivity contribution >= 4 is 65.2 Å². The summed E-state index contributed by atoms with van der Waals surface area (Å²) in [5.41, 5.74) is 6.91. The van der Waals surface area contributed by atoms with Crippen LogP contribution in [0.3, 0.4) is 0 Å². The maximum Gasteiger partial charge on any atom is 0.326 e. The molecule has 0 saturated carbocycles. The molecule has 26 heteroatoms. The van der Waals surface area contributed by atoms with Crippen molar-refractivity contribution in [2.75, 3.05) is 0 Å². The Labute approximate surface area is 435 Å². The highest BCUT2D eigenvalue weighted by atomic mass is 16.4. The van der Waals surface area contributed by atoms with Gasteiger partial charge in [0.2, 0.25) is 41.4 Å². The molecule has 16 N–H and O–H groups in total. The lowest BCUT2D eigenvalue weighted by atomic mass is 9.96. The first-order chi connectivity index (χ1) is 35.8. The predicted molar refractivity (Wildman–Crippen MR) is 266 cm³/mol. The average Bonchev–Trinajstić information content (AvgIpc) is 3.36. The number of carbonyl (C=O) groups excluding carboxylic acids is 7. The molecule has 7 amide bonds. The van der Waals surface area contributed by atoms with E-state index >= 15 is 0 Å². The number of carbonyl (C=O) groups is 11. The molecule has 0 saturated heterocycles. The molecular weight excluding hydrogens is 1000 g/mol. The van der Waals surface area contributed by atoms with E-state index < -0.39 is 145 Å². The highest BCUT2D eigenvalue weighted by Crippen LogP contribution is 2.17. The van der Waals surface area contributed by atoms with Crippen LogP contribution in [0.25, 0.3) is 0 Å². The van der Waals surface area contributed by atoms with Gasteiger partial charge in [-0.15, -0.1) is 0 Å². The first-order valence-electron chi connectivity index (χ1n) is 23.9. The van der Waals surface area contributed by atoms with Crippen LogP contribution in [0.2, 0.25) is 0 Å². The molecule has 0 bridgehead atoms. The van der Waals surface area contributed by atoms with Crippen molar-refractivity contribution in [1.82, 2.24) is 37.2 Å². The number of phenols is 3. The zero-order valence-corrected chi connectivity index (χ0v) is 41.7. The maximum absolute atomic E-state index is 14.3. The van der Waals surface area contributed by atoms with E-state index in [2.05, 4.69) is 37.2 Å². The fraction of sp³-hybridized carbons (Fsp3) is 0.420. The van der Waals surface area contributed by atoms with E-state index in [1.165, 1.54) is 79.7 Å². The predicted octanol–water partition coefficient (Wildman–Crippen LogP) is -1.09. The van der Waals surface area contributed by atoms with Gasteiger partial charge in [0.25, 0.3) is 0 Å². The zero-order valence-electron chi connectivity index (χ0n) is 41.7. The lowest BCUT2D eigenvalue weighted by molar-refractivity contribution is -0.142. The number of nitrogens with two attached hydrogens (primary N) is 1. The summed E-state index contributed by atoms with van der Waals surface area (Å²) in [6, 6.07) is 3.43. The van der Waals surface area contributed by atoms with Gasteiger partial charge in [-0.3, -0.25) is 47.9 Å². The van der Waals surface area contributed by atoms with Gasteiger partial charge >= 0.3 is 23.9 Å². The number of aliphatic carboxylic acids is 4. The number of benzene rings is 3.